The van der Waals surface area contributed by atoms with Crippen molar-refractivity contribution in [2.24, 2.45) is 11.8 Å². The second kappa shape index (κ2) is 8.36. The molecule has 0 N–H and O–H groups in total. The molecule has 172 valence electrons. The van der Waals surface area contributed by atoms with E-state index in [-0.39, 0.29) is 18.4 Å². The molecule has 1 amide bonds. The minimum Gasteiger partial charge on any atom is -0.460 e. The molecule has 31 heavy (non-hydrogen) atoms. The molecule has 1 aliphatic carbocycles. The molecule has 4 atom stereocenters. The maximum atomic E-state index is 13.9. The van der Waals surface area contributed by atoms with E-state index in [1.807, 2.05) is 51.1 Å². The first-order valence-corrected chi connectivity index (χ1v) is 10.7. The van der Waals surface area contributed by atoms with Gasteiger partial charge in [-0.1, -0.05) is 57.5 Å². The van der Waals surface area contributed by atoms with E-state index in [0.717, 1.165) is 18.4 Å². The standard InChI is InChI=1S/C23H30F3NO4/c1-5-30-20(29)27-14-22(27,23(24,25)26)19(28)31-18-13-15(2)11-12-17(18)21(3,4)16-9-7-6-8-10-16/h6-10,15,17-18H,5,11-14H2,1-4H3/t15-,17-,18-,22?,27?/m1/s1. The van der Waals surface area contributed by atoms with Crippen LogP contribution in [0.25, 0.3) is 0 Å². The molecule has 3 rings (SSSR count). The highest BCUT2D eigenvalue weighted by molar-refractivity contribution is 5.93. The Hall–Kier alpha value is -2.25. The third kappa shape index (κ3) is 4.26. The molecule has 1 saturated heterocycles. The number of ether oxygens (including phenoxy) is 2. The van der Waals surface area contributed by atoms with Crippen molar-refractivity contribution in [3.05, 3.63) is 35.9 Å². The van der Waals surface area contributed by atoms with Crippen LogP contribution < -0.4 is 0 Å². The summed E-state index contributed by atoms with van der Waals surface area (Å²) >= 11 is 0. The Bertz CT molecular complexity index is 811. The van der Waals surface area contributed by atoms with E-state index in [4.69, 9.17) is 4.74 Å². The van der Waals surface area contributed by atoms with E-state index < -0.39 is 41.8 Å². The van der Waals surface area contributed by atoms with Crippen molar-refractivity contribution in [3.63, 3.8) is 0 Å². The molecule has 0 bridgehead atoms. The summed E-state index contributed by atoms with van der Waals surface area (Å²) in [6.07, 6.45) is -4.64. The fraction of sp³-hybridized carbons (Fsp3) is 0.652. The number of carbonyl (C=O) groups excluding carboxylic acids is 2. The Morgan fingerprint density at radius 3 is 2.39 bits per heavy atom. The number of benzene rings is 1. The molecule has 0 spiro atoms. The smallest absolute Gasteiger partial charge is 0.424 e. The number of amides is 1. The Kier molecular flexibility index (Phi) is 6.31. The molecule has 2 aliphatic rings. The lowest BCUT2D eigenvalue weighted by molar-refractivity contribution is -0.200. The van der Waals surface area contributed by atoms with Gasteiger partial charge < -0.3 is 9.47 Å². The SMILES string of the molecule is CCOC(=O)N1CC1(C(=O)O[C@@H]1C[C@H](C)CC[C@H]1C(C)(C)c1ccccc1)C(F)(F)F. The molecule has 1 heterocycles. The van der Waals surface area contributed by atoms with Gasteiger partial charge in [0.15, 0.2) is 0 Å². The maximum Gasteiger partial charge on any atom is 0.424 e. The topological polar surface area (TPSA) is 55.6 Å². The van der Waals surface area contributed by atoms with Crippen molar-refractivity contribution < 1.29 is 32.2 Å². The highest BCUT2D eigenvalue weighted by Crippen LogP contribution is 2.50. The quantitative estimate of drug-likeness (QED) is 0.472. The van der Waals surface area contributed by atoms with Crippen LogP contribution in [0.1, 0.15) is 52.5 Å². The van der Waals surface area contributed by atoms with Gasteiger partial charge in [0.05, 0.1) is 13.2 Å². The molecule has 2 fully saturated rings. The zero-order chi connectivity index (χ0) is 23.0. The van der Waals surface area contributed by atoms with Gasteiger partial charge in [0.2, 0.25) is 0 Å². The molecule has 1 aromatic rings. The molecular formula is C23H30F3NO4. The number of carbonyl (C=O) groups is 2. The molecule has 5 nitrogen and oxygen atoms in total. The Balaban J connectivity index is 1.85. The number of alkyl halides is 3. The van der Waals surface area contributed by atoms with Crippen molar-refractivity contribution in [2.75, 3.05) is 13.2 Å². The van der Waals surface area contributed by atoms with Gasteiger partial charge in [0.25, 0.3) is 5.54 Å². The van der Waals surface area contributed by atoms with Crippen LogP contribution >= 0.6 is 0 Å². The average Bonchev–Trinajstić information content (AvgIpc) is 3.46. The van der Waals surface area contributed by atoms with Gasteiger partial charge in [-0.15, -0.1) is 0 Å². The molecule has 0 aromatic heterocycles. The number of hydrogen-bond donors (Lipinski definition) is 0. The first-order chi connectivity index (χ1) is 14.4. The lowest BCUT2D eigenvalue weighted by atomic mass is 9.64. The summed E-state index contributed by atoms with van der Waals surface area (Å²) in [4.78, 5) is 25.2. The minimum atomic E-state index is -4.94. The fourth-order valence-corrected chi connectivity index (χ4v) is 4.75. The number of rotatable bonds is 5. The summed E-state index contributed by atoms with van der Waals surface area (Å²) in [5.41, 5.74) is -2.32. The monoisotopic (exact) mass is 441 g/mol. The number of nitrogens with zero attached hydrogens (tertiary/aromatic N) is 1. The summed E-state index contributed by atoms with van der Waals surface area (Å²) in [6, 6.07) is 9.71. The number of hydrogen-bond acceptors (Lipinski definition) is 4. The molecule has 1 unspecified atom stereocenters. The molecule has 1 aromatic carbocycles. The first-order valence-electron chi connectivity index (χ1n) is 10.7. The van der Waals surface area contributed by atoms with Gasteiger partial charge in [-0.3, -0.25) is 4.90 Å². The average molecular weight is 441 g/mol. The van der Waals surface area contributed by atoms with Crippen molar-refractivity contribution in [1.82, 2.24) is 4.90 Å². The van der Waals surface area contributed by atoms with Gasteiger partial charge in [-0.25, -0.2) is 9.59 Å². The van der Waals surface area contributed by atoms with Crippen molar-refractivity contribution in [3.8, 4) is 0 Å². The number of halogens is 3. The molecular weight excluding hydrogens is 411 g/mol. The predicted octanol–water partition coefficient (Wildman–Crippen LogP) is 5.09. The van der Waals surface area contributed by atoms with E-state index >= 15 is 0 Å². The fourth-order valence-electron chi connectivity index (χ4n) is 4.75. The molecule has 1 aliphatic heterocycles. The summed E-state index contributed by atoms with van der Waals surface area (Å²) in [7, 11) is 0. The van der Waals surface area contributed by atoms with Crippen LogP contribution in [0, 0.1) is 11.8 Å². The second-order valence-electron chi connectivity index (χ2n) is 9.20. The van der Waals surface area contributed by atoms with Crippen LogP contribution in [0.15, 0.2) is 30.3 Å². The van der Waals surface area contributed by atoms with Crippen LogP contribution in [0.5, 0.6) is 0 Å². The maximum absolute atomic E-state index is 13.9. The van der Waals surface area contributed by atoms with Crippen molar-refractivity contribution >= 4 is 12.1 Å². The van der Waals surface area contributed by atoms with E-state index in [0.29, 0.717) is 11.3 Å². The minimum absolute atomic E-state index is 0.0776. The van der Waals surface area contributed by atoms with Crippen LogP contribution in [0.3, 0.4) is 0 Å². The zero-order valence-corrected chi connectivity index (χ0v) is 18.4. The van der Waals surface area contributed by atoms with Crippen molar-refractivity contribution in [2.45, 2.75) is 70.2 Å². The van der Waals surface area contributed by atoms with Crippen LogP contribution in [-0.4, -0.2) is 47.9 Å². The van der Waals surface area contributed by atoms with Gasteiger partial charge in [-0.05, 0) is 36.7 Å². The Labute approximate surface area is 180 Å². The Morgan fingerprint density at radius 2 is 1.81 bits per heavy atom. The predicted molar refractivity (Wildman–Crippen MR) is 108 cm³/mol. The largest absolute Gasteiger partial charge is 0.460 e. The van der Waals surface area contributed by atoms with E-state index in [9.17, 15) is 22.8 Å². The van der Waals surface area contributed by atoms with Crippen molar-refractivity contribution in [1.29, 1.82) is 0 Å². The summed E-state index contributed by atoms with van der Waals surface area (Å²) in [5.74, 6) is -1.33. The lowest BCUT2D eigenvalue weighted by Crippen LogP contribution is -2.51. The summed E-state index contributed by atoms with van der Waals surface area (Å²) in [5, 5.41) is 0. The van der Waals surface area contributed by atoms with Gasteiger partial charge in [0, 0.05) is 5.92 Å². The van der Waals surface area contributed by atoms with E-state index in [1.165, 1.54) is 6.92 Å². The van der Waals surface area contributed by atoms with Gasteiger partial charge in [0.1, 0.15) is 6.10 Å². The van der Waals surface area contributed by atoms with Crippen LogP contribution in [0.4, 0.5) is 18.0 Å². The van der Waals surface area contributed by atoms with Crippen LogP contribution in [-0.2, 0) is 19.7 Å². The Morgan fingerprint density at radius 1 is 1.16 bits per heavy atom. The highest BCUT2D eigenvalue weighted by atomic mass is 19.4. The molecule has 1 saturated carbocycles. The molecule has 8 heteroatoms. The highest BCUT2D eigenvalue weighted by Gasteiger charge is 2.79. The van der Waals surface area contributed by atoms with E-state index in [1.54, 1.807) is 0 Å². The number of esters is 1. The third-order valence-electron chi connectivity index (χ3n) is 6.80. The second-order valence-corrected chi connectivity index (χ2v) is 9.20. The summed E-state index contributed by atoms with van der Waals surface area (Å²) < 4.78 is 51.9. The first kappa shape index (κ1) is 23.4. The van der Waals surface area contributed by atoms with Gasteiger partial charge in [-0.2, -0.15) is 13.2 Å². The lowest BCUT2D eigenvalue weighted by Gasteiger charge is -2.44. The van der Waals surface area contributed by atoms with Crippen LogP contribution in [0.2, 0.25) is 0 Å². The summed E-state index contributed by atoms with van der Waals surface area (Å²) in [6.45, 7) is 6.72. The zero-order valence-electron chi connectivity index (χ0n) is 18.4. The van der Waals surface area contributed by atoms with E-state index in [2.05, 4.69) is 4.74 Å². The molecule has 0 radical (unpaired) electrons. The van der Waals surface area contributed by atoms with Gasteiger partial charge >= 0.3 is 18.2 Å². The normalized spacial score (nSPS) is 28.7. The third-order valence-corrected chi connectivity index (χ3v) is 6.80.